The van der Waals surface area contributed by atoms with Gasteiger partial charge in [0.15, 0.2) is 5.76 Å². The number of hydroxylamine groups is 1. The largest absolute Gasteiger partial charge is 0.359 e. The number of alkyl halides is 1. The number of hydrogen-bond donors (Lipinski definition) is 1. The van der Waals surface area contributed by atoms with Crippen molar-refractivity contribution >= 4 is 17.5 Å². The van der Waals surface area contributed by atoms with Gasteiger partial charge in [-0.05, 0) is 32.9 Å². The summed E-state index contributed by atoms with van der Waals surface area (Å²) in [6.45, 7) is 5.56. The van der Waals surface area contributed by atoms with Crippen LogP contribution in [0.2, 0.25) is 0 Å². The van der Waals surface area contributed by atoms with Crippen molar-refractivity contribution in [1.29, 1.82) is 0 Å². The number of aromatic nitrogens is 1. The van der Waals surface area contributed by atoms with Gasteiger partial charge in [-0.25, -0.2) is 5.48 Å². The molecule has 0 aliphatic carbocycles. The van der Waals surface area contributed by atoms with E-state index in [0.717, 1.165) is 5.56 Å². The van der Waals surface area contributed by atoms with Crippen LogP contribution in [-0.4, -0.2) is 16.7 Å². The number of hydrogen-bond acceptors (Lipinski definition) is 4. The van der Waals surface area contributed by atoms with Crippen LogP contribution in [0.15, 0.2) is 34.9 Å². The second-order valence-corrected chi connectivity index (χ2v) is 5.81. The zero-order valence-corrected chi connectivity index (χ0v) is 12.9. The Kier molecular flexibility index (Phi) is 4.65. The first-order chi connectivity index (χ1) is 9.89. The summed E-state index contributed by atoms with van der Waals surface area (Å²) in [6, 6.07) is 8.79. The molecule has 21 heavy (non-hydrogen) atoms. The molecule has 1 aromatic carbocycles. The van der Waals surface area contributed by atoms with Gasteiger partial charge in [-0.1, -0.05) is 17.3 Å². The minimum atomic E-state index is -0.450. The number of nitrogens with zero attached hydrogens (tertiary/aromatic N) is 1. The number of halogens is 1. The molecule has 0 saturated carbocycles. The molecule has 0 aliphatic heterocycles. The maximum absolute atomic E-state index is 12.0. The fourth-order valence-electron chi connectivity index (χ4n) is 1.59. The van der Waals surface area contributed by atoms with Crippen LogP contribution in [0.4, 0.5) is 0 Å². The highest BCUT2D eigenvalue weighted by Gasteiger charge is 2.15. The molecule has 5 nitrogen and oxygen atoms in total. The Morgan fingerprint density at radius 2 is 2.14 bits per heavy atom. The molecule has 112 valence electrons. The summed E-state index contributed by atoms with van der Waals surface area (Å²) in [7, 11) is 0. The van der Waals surface area contributed by atoms with Gasteiger partial charge in [-0.15, -0.1) is 11.6 Å². The molecule has 0 aliphatic rings. The molecule has 2 rings (SSSR count). The zero-order chi connectivity index (χ0) is 15.5. The molecule has 0 atom stereocenters. The van der Waals surface area contributed by atoms with E-state index in [1.807, 2.05) is 26.8 Å². The lowest BCUT2D eigenvalue weighted by Gasteiger charge is -2.18. The van der Waals surface area contributed by atoms with E-state index in [1.54, 1.807) is 24.3 Å². The molecule has 0 spiro atoms. The van der Waals surface area contributed by atoms with E-state index in [-0.39, 0.29) is 11.8 Å². The molecule has 1 amide bonds. The van der Waals surface area contributed by atoms with Crippen LogP contribution in [0.5, 0.6) is 0 Å². The first-order valence-electron chi connectivity index (χ1n) is 6.49. The molecule has 0 saturated heterocycles. The molecule has 0 bridgehead atoms. The van der Waals surface area contributed by atoms with Crippen LogP contribution in [-0.2, 0) is 10.7 Å². The number of carbonyl (C=O) groups excluding carboxylic acids is 1. The summed E-state index contributed by atoms with van der Waals surface area (Å²) in [5.41, 5.74) is 3.87. The van der Waals surface area contributed by atoms with Crippen LogP contribution in [0, 0.1) is 0 Å². The average molecular weight is 309 g/mol. The van der Waals surface area contributed by atoms with Gasteiger partial charge in [0.2, 0.25) is 0 Å². The lowest BCUT2D eigenvalue weighted by atomic mass is 10.1. The van der Waals surface area contributed by atoms with Crippen LogP contribution in [0.1, 0.15) is 36.9 Å². The highest BCUT2D eigenvalue weighted by atomic mass is 35.5. The Hall–Kier alpha value is -1.85. The van der Waals surface area contributed by atoms with Gasteiger partial charge >= 0.3 is 0 Å². The van der Waals surface area contributed by atoms with E-state index in [9.17, 15) is 4.79 Å². The average Bonchev–Trinajstić information content (AvgIpc) is 2.93. The third kappa shape index (κ3) is 4.31. The van der Waals surface area contributed by atoms with Gasteiger partial charge in [0.25, 0.3) is 5.91 Å². The number of amides is 1. The molecule has 1 N–H and O–H groups in total. The molecule has 2 aromatic rings. The van der Waals surface area contributed by atoms with Crippen molar-refractivity contribution in [2.24, 2.45) is 0 Å². The molecule has 1 aromatic heterocycles. The van der Waals surface area contributed by atoms with Crippen molar-refractivity contribution in [2.75, 3.05) is 0 Å². The van der Waals surface area contributed by atoms with E-state index < -0.39 is 5.60 Å². The first-order valence-corrected chi connectivity index (χ1v) is 7.03. The predicted octanol–water partition coefficient (Wildman–Crippen LogP) is 3.54. The smallest absolute Gasteiger partial charge is 0.274 e. The Balaban J connectivity index is 2.15. The SMILES string of the molecule is CC(C)(C)ONC(=O)c1cccc(-c2cc(CCl)on2)c1. The lowest BCUT2D eigenvalue weighted by Crippen LogP contribution is -2.33. The quantitative estimate of drug-likeness (QED) is 0.693. The molecule has 6 heteroatoms. The first kappa shape index (κ1) is 15.5. The second-order valence-electron chi connectivity index (χ2n) is 5.54. The van der Waals surface area contributed by atoms with Crippen molar-refractivity contribution in [3.63, 3.8) is 0 Å². The van der Waals surface area contributed by atoms with Crippen molar-refractivity contribution in [1.82, 2.24) is 10.6 Å². The monoisotopic (exact) mass is 308 g/mol. The third-order valence-electron chi connectivity index (χ3n) is 2.56. The minimum absolute atomic E-state index is 0.257. The topological polar surface area (TPSA) is 64.4 Å². The van der Waals surface area contributed by atoms with E-state index >= 15 is 0 Å². The van der Waals surface area contributed by atoms with Gasteiger partial charge in [0.1, 0.15) is 5.69 Å². The van der Waals surface area contributed by atoms with Gasteiger partial charge in [0.05, 0.1) is 11.5 Å². The lowest BCUT2D eigenvalue weighted by molar-refractivity contribution is -0.0589. The van der Waals surface area contributed by atoms with Crippen molar-refractivity contribution < 1.29 is 14.2 Å². The highest BCUT2D eigenvalue weighted by molar-refractivity contribution is 6.16. The Bertz CT molecular complexity index is 632. The molecular formula is C15H17ClN2O3. The summed E-state index contributed by atoms with van der Waals surface area (Å²) in [5, 5.41) is 3.92. The Morgan fingerprint density at radius 3 is 2.76 bits per heavy atom. The second kappa shape index (κ2) is 6.28. The normalized spacial score (nSPS) is 11.4. The molecular weight excluding hydrogens is 292 g/mol. The maximum atomic E-state index is 12.0. The zero-order valence-electron chi connectivity index (χ0n) is 12.1. The van der Waals surface area contributed by atoms with Crippen LogP contribution in [0.3, 0.4) is 0 Å². The van der Waals surface area contributed by atoms with Crippen molar-refractivity contribution in [3.05, 3.63) is 41.7 Å². The molecule has 0 radical (unpaired) electrons. The summed E-state index contributed by atoms with van der Waals surface area (Å²) in [5.74, 6) is 0.525. The van der Waals surface area contributed by atoms with Crippen LogP contribution < -0.4 is 5.48 Å². The van der Waals surface area contributed by atoms with E-state index in [1.165, 1.54) is 0 Å². The minimum Gasteiger partial charge on any atom is -0.359 e. The van der Waals surface area contributed by atoms with Gasteiger partial charge in [-0.3, -0.25) is 9.63 Å². The summed E-state index contributed by atoms with van der Waals surface area (Å²) >= 11 is 5.68. The number of benzene rings is 1. The number of nitrogens with one attached hydrogen (secondary N) is 1. The van der Waals surface area contributed by atoms with Crippen molar-refractivity contribution in [2.45, 2.75) is 32.3 Å². The molecule has 0 unspecified atom stereocenters. The van der Waals surface area contributed by atoms with E-state index in [2.05, 4.69) is 10.6 Å². The van der Waals surface area contributed by atoms with Crippen LogP contribution in [0.25, 0.3) is 11.3 Å². The van der Waals surface area contributed by atoms with E-state index in [0.29, 0.717) is 17.0 Å². The van der Waals surface area contributed by atoms with Gasteiger partial charge < -0.3 is 4.52 Å². The number of carbonyl (C=O) groups is 1. The molecule has 1 heterocycles. The predicted molar refractivity (Wildman–Crippen MR) is 79.8 cm³/mol. The van der Waals surface area contributed by atoms with E-state index in [4.69, 9.17) is 21.0 Å². The van der Waals surface area contributed by atoms with Gasteiger partial charge in [0, 0.05) is 17.2 Å². The standard InChI is InChI=1S/C15H17ClN2O3/c1-15(2,3)21-18-14(19)11-6-4-5-10(7-11)13-8-12(9-16)20-17-13/h4-8H,9H2,1-3H3,(H,18,19). The maximum Gasteiger partial charge on any atom is 0.274 e. The molecule has 0 fully saturated rings. The highest BCUT2D eigenvalue weighted by Crippen LogP contribution is 2.21. The Morgan fingerprint density at radius 1 is 1.38 bits per heavy atom. The number of rotatable bonds is 4. The summed E-state index contributed by atoms with van der Waals surface area (Å²) < 4.78 is 5.05. The van der Waals surface area contributed by atoms with Crippen LogP contribution >= 0.6 is 11.6 Å². The van der Waals surface area contributed by atoms with Crippen molar-refractivity contribution in [3.8, 4) is 11.3 Å². The Labute approximate surface area is 128 Å². The summed E-state index contributed by atoms with van der Waals surface area (Å²) in [6.07, 6.45) is 0. The fraction of sp³-hybridized carbons (Fsp3) is 0.333. The fourth-order valence-corrected chi connectivity index (χ4v) is 1.72. The third-order valence-corrected chi connectivity index (χ3v) is 2.82. The summed E-state index contributed by atoms with van der Waals surface area (Å²) in [4.78, 5) is 17.3. The van der Waals surface area contributed by atoms with Gasteiger partial charge in [-0.2, -0.15) is 0 Å².